The zero-order valence-corrected chi connectivity index (χ0v) is 19.8. The van der Waals surface area contributed by atoms with Crippen molar-refractivity contribution in [2.24, 2.45) is 0 Å². The predicted octanol–water partition coefficient (Wildman–Crippen LogP) is 2.26. The molecule has 1 aromatic heterocycles. The van der Waals surface area contributed by atoms with Crippen molar-refractivity contribution in [2.45, 2.75) is 39.5 Å². The minimum Gasteiger partial charge on any atom is -0.395 e. The van der Waals surface area contributed by atoms with Gasteiger partial charge in [-0.2, -0.15) is 0 Å². The average Bonchev–Trinajstić information content (AvgIpc) is 2.79. The largest absolute Gasteiger partial charge is 0.395 e. The van der Waals surface area contributed by atoms with Gasteiger partial charge in [0.25, 0.3) is 0 Å². The number of allylic oxidation sites excluding steroid dienone is 1. The maximum Gasteiger partial charge on any atom is 0.317 e. The molecule has 2 aromatic rings. The van der Waals surface area contributed by atoms with Crippen molar-refractivity contribution < 1.29 is 14.6 Å². The number of aromatic nitrogens is 2. The molecule has 10 nitrogen and oxygen atoms in total. The molecule has 1 fully saturated rings. The lowest BCUT2D eigenvalue weighted by Gasteiger charge is -2.39. The monoisotopic (exact) mass is 467 g/mol. The van der Waals surface area contributed by atoms with E-state index in [1.807, 2.05) is 45.0 Å². The van der Waals surface area contributed by atoms with E-state index in [2.05, 4.69) is 25.9 Å². The Balaban J connectivity index is 1.58. The van der Waals surface area contributed by atoms with E-state index in [-0.39, 0.29) is 24.8 Å². The van der Waals surface area contributed by atoms with Gasteiger partial charge in [0.15, 0.2) is 0 Å². The second kappa shape index (κ2) is 12.1. The molecule has 182 valence electrons. The van der Waals surface area contributed by atoms with E-state index in [1.54, 1.807) is 17.3 Å². The number of hydrogen-bond acceptors (Lipinski definition) is 8. The molecule has 10 heteroatoms. The lowest BCUT2D eigenvalue weighted by molar-refractivity contribution is -0.0641. The summed E-state index contributed by atoms with van der Waals surface area (Å²) in [6.07, 6.45) is 4.68. The first-order chi connectivity index (χ1) is 16.4. The molecule has 1 saturated heterocycles. The summed E-state index contributed by atoms with van der Waals surface area (Å²) in [7, 11) is 0. The highest BCUT2D eigenvalue weighted by molar-refractivity contribution is 5.79. The van der Waals surface area contributed by atoms with Crippen molar-refractivity contribution in [1.82, 2.24) is 25.5 Å². The summed E-state index contributed by atoms with van der Waals surface area (Å²) < 4.78 is 5.70. The van der Waals surface area contributed by atoms with Gasteiger partial charge in [0.1, 0.15) is 0 Å². The molecular formula is C24H33N7O3. The molecule has 1 aliphatic heterocycles. The third-order valence-electron chi connectivity index (χ3n) is 5.25. The summed E-state index contributed by atoms with van der Waals surface area (Å²) in [4.78, 5) is 22.9. The smallest absolute Gasteiger partial charge is 0.317 e. The Morgan fingerprint density at radius 3 is 2.82 bits per heavy atom. The first-order valence-electron chi connectivity index (χ1n) is 11.3. The average molecular weight is 468 g/mol. The predicted molar refractivity (Wildman–Crippen MR) is 132 cm³/mol. The number of hydrogen-bond donors (Lipinski definition) is 5. The van der Waals surface area contributed by atoms with Crippen LogP contribution >= 0.6 is 0 Å². The molecular weight excluding hydrogens is 434 g/mol. The highest BCUT2D eigenvalue weighted by Gasteiger charge is 2.31. The zero-order valence-electron chi connectivity index (χ0n) is 19.8. The van der Waals surface area contributed by atoms with Crippen LogP contribution in [0.1, 0.15) is 25.0 Å². The Morgan fingerprint density at radius 1 is 1.35 bits per heavy atom. The van der Waals surface area contributed by atoms with Gasteiger partial charge in [-0.25, -0.2) is 14.8 Å². The maximum atomic E-state index is 12.4. The van der Waals surface area contributed by atoms with E-state index in [1.165, 1.54) is 0 Å². The van der Waals surface area contributed by atoms with Crippen molar-refractivity contribution in [2.75, 3.05) is 31.6 Å². The van der Waals surface area contributed by atoms with Crippen molar-refractivity contribution in [3.8, 4) is 11.3 Å². The first kappa shape index (κ1) is 25.1. The standard InChI is InChI=1S/C24H33N7O3/c1-16(2)34-21-14-31(15-21)24(33)28-12-19-5-4-18(10-17(19)3)22-6-7-27-23(30-22)29-20(11-25)13-26-8-9-32/h4-7,10-11,13,16,21,25-26,32H,8-9,12,14-15H2,1-3H3,(H,28,33)(H,27,29,30)/b20-13+,25-11?. The van der Waals surface area contributed by atoms with Crippen LogP contribution in [0.5, 0.6) is 0 Å². The number of anilines is 1. The quantitative estimate of drug-likeness (QED) is 0.253. The van der Waals surface area contributed by atoms with Crippen molar-refractivity contribution in [3.05, 3.63) is 53.5 Å². The van der Waals surface area contributed by atoms with E-state index >= 15 is 0 Å². The van der Waals surface area contributed by atoms with Gasteiger partial charge >= 0.3 is 6.03 Å². The summed E-state index contributed by atoms with van der Waals surface area (Å²) in [6, 6.07) is 7.72. The second-order valence-electron chi connectivity index (χ2n) is 8.32. The maximum absolute atomic E-state index is 12.4. The van der Waals surface area contributed by atoms with Crippen LogP contribution in [0.15, 0.2) is 42.4 Å². The van der Waals surface area contributed by atoms with Crippen LogP contribution in [0, 0.1) is 12.3 Å². The topological polar surface area (TPSA) is 135 Å². The molecule has 0 aliphatic carbocycles. The molecule has 34 heavy (non-hydrogen) atoms. The Kier molecular flexibility index (Phi) is 8.94. The molecule has 3 rings (SSSR count). The van der Waals surface area contributed by atoms with Crippen LogP contribution in [0.4, 0.5) is 10.7 Å². The molecule has 1 aromatic carbocycles. The minimum atomic E-state index is -0.0814. The number of carbonyl (C=O) groups excluding carboxylic acids is 1. The van der Waals surface area contributed by atoms with E-state index in [4.69, 9.17) is 15.3 Å². The second-order valence-corrected chi connectivity index (χ2v) is 8.32. The fourth-order valence-electron chi connectivity index (χ4n) is 3.48. The van der Waals surface area contributed by atoms with E-state index in [0.717, 1.165) is 28.6 Å². The summed E-state index contributed by atoms with van der Waals surface area (Å²) in [6.45, 7) is 8.08. The molecule has 1 aliphatic rings. The minimum absolute atomic E-state index is 0.00122. The van der Waals surface area contributed by atoms with Crippen LogP contribution < -0.4 is 16.0 Å². The zero-order chi connectivity index (χ0) is 24.5. The molecule has 2 heterocycles. The van der Waals surface area contributed by atoms with E-state index < -0.39 is 0 Å². The van der Waals surface area contributed by atoms with Gasteiger partial charge in [0.05, 0.1) is 43.3 Å². The van der Waals surface area contributed by atoms with Gasteiger partial charge in [0, 0.05) is 37.3 Å². The number of urea groups is 1. The lowest BCUT2D eigenvalue weighted by atomic mass is 10.0. The van der Waals surface area contributed by atoms with Crippen LogP contribution in [0.25, 0.3) is 11.3 Å². The number of nitrogens with one attached hydrogen (secondary N) is 4. The Bertz CT molecular complexity index is 1020. The Morgan fingerprint density at radius 2 is 2.15 bits per heavy atom. The van der Waals surface area contributed by atoms with Crippen molar-refractivity contribution in [1.29, 1.82) is 5.41 Å². The molecule has 0 spiro atoms. The molecule has 5 N–H and O–H groups in total. The highest BCUT2D eigenvalue weighted by atomic mass is 16.5. The third kappa shape index (κ3) is 7.00. The summed E-state index contributed by atoms with van der Waals surface area (Å²) in [5.41, 5.74) is 4.21. The number of carbonyl (C=O) groups is 1. The van der Waals surface area contributed by atoms with Crippen LogP contribution in [0.2, 0.25) is 0 Å². The fourth-order valence-corrected chi connectivity index (χ4v) is 3.48. The first-order valence-corrected chi connectivity index (χ1v) is 11.3. The number of aliphatic hydroxyl groups excluding tert-OH is 1. The van der Waals surface area contributed by atoms with Gasteiger partial charge in [-0.3, -0.25) is 0 Å². The van der Waals surface area contributed by atoms with Crippen molar-refractivity contribution in [3.63, 3.8) is 0 Å². The van der Waals surface area contributed by atoms with Gasteiger partial charge in [-0.15, -0.1) is 0 Å². The molecule has 0 saturated carbocycles. The number of aryl methyl sites for hydroxylation is 1. The van der Waals surface area contributed by atoms with Gasteiger partial charge in [-0.05, 0) is 44.0 Å². The number of likely N-dealkylation sites (tertiary alicyclic amines) is 1. The Hall–Kier alpha value is -3.50. The molecule has 0 atom stereocenters. The highest BCUT2D eigenvalue weighted by Crippen LogP contribution is 2.22. The van der Waals surface area contributed by atoms with Crippen molar-refractivity contribution >= 4 is 18.2 Å². The number of rotatable bonds is 11. The molecule has 0 unspecified atom stereocenters. The number of amides is 2. The number of nitrogens with zero attached hydrogens (tertiary/aromatic N) is 3. The van der Waals surface area contributed by atoms with E-state index in [9.17, 15) is 4.79 Å². The lowest BCUT2D eigenvalue weighted by Crippen LogP contribution is -2.58. The summed E-state index contributed by atoms with van der Waals surface area (Å²) in [5, 5.41) is 25.2. The van der Waals surface area contributed by atoms with Crippen LogP contribution in [-0.4, -0.2) is 70.7 Å². The number of aliphatic hydroxyl groups is 1. The Labute approximate surface area is 200 Å². The molecule has 0 bridgehead atoms. The van der Waals surface area contributed by atoms with Crippen LogP contribution in [0.3, 0.4) is 0 Å². The van der Waals surface area contributed by atoms with Gasteiger partial charge < -0.3 is 36.1 Å². The number of ether oxygens (including phenoxy) is 1. The van der Waals surface area contributed by atoms with E-state index in [0.29, 0.717) is 37.8 Å². The summed E-state index contributed by atoms with van der Waals surface area (Å²) >= 11 is 0. The van der Waals surface area contributed by atoms with Crippen LogP contribution in [-0.2, 0) is 11.3 Å². The van der Waals surface area contributed by atoms with Gasteiger partial charge in [-0.1, -0.05) is 12.1 Å². The fraction of sp³-hybridized carbons (Fsp3) is 0.417. The molecule has 0 radical (unpaired) electrons. The molecule has 2 amide bonds. The SMILES string of the molecule is Cc1cc(-c2ccnc(N/C(C=N)=C/NCCO)n2)ccc1CNC(=O)N1CC(OC(C)C)C1. The third-order valence-corrected chi connectivity index (χ3v) is 5.25. The normalized spacial score (nSPS) is 14.0. The van der Waals surface area contributed by atoms with Gasteiger partial charge in [0.2, 0.25) is 5.95 Å². The summed E-state index contributed by atoms with van der Waals surface area (Å²) in [5.74, 6) is 0.362. The number of benzene rings is 1.